The molecule has 2 unspecified atom stereocenters. The van der Waals surface area contributed by atoms with E-state index in [0.717, 1.165) is 12.3 Å². The van der Waals surface area contributed by atoms with Crippen LogP contribution in [0.5, 0.6) is 0 Å². The Balaban J connectivity index is 0.00000166. The van der Waals surface area contributed by atoms with E-state index in [0.29, 0.717) is 12.0 Å². The minimum absolute atomic E-state index is 0.277. The molecule has 1 fully saturated rings. The van der Waals surface area contributed by atoms with E-state index in [1.165, 1.54) is 66.0 Å². The molecule has 2 aromatic carbocycles. The van der Waals surface area contributed by atoms with Crippen LogP contribution in [0, 0.1) is 18.3 Å². The van der Waals surface area contributed by atoms with E-state index in [2.05, 4.69) is 77.1 Å². The molecule has 0 saturated heterocycles. The van der Waals surface area contributed by atoms with Gasteiger partial charge in [0.1, 0.15) is 0 Å². The maximum atomic E-state index is 6.53. The van der Waals surface area contributed by atoms with Crippen molar-refractivity contribution in [1.29, 1.82) is 0 Å². The van der Waals surface area contributed by atoms with E-state index in [4.69, 9.17) is 4.74 Å². The second-order valence-electron chi connectivity index (χ2n) is 9.48. The summed E-state index contributed by atoms with van der Waals surface area (Å²) in [6, 6.07) is 11.0. The fourth-order valence-corrected chi connectivity index (χ4v) is 5.49. The van der Waals surface area contributed by atoms with Gasteiger partial charge in [0.05, 0.1) is 12.7 Å². The monoisotopic (exact) mass is 422 g/mol. The minimum Gasteiger partial charge on any atom is -0.374 e. The highest BCUT2D eigenvalue weighted by atomic mass is 16.5. The van der Waals surface area contributed by atoms with Crippen LogP contribution in [0.2, 0.25) is 0 Å². The van der Waals surface area contributed by atoms with Gasteiger partial charge in [0.2, 0.25) is 0 Å². The third-order valence-corrected chi connectivity index (χ3v) is 7.41. The van der Waals surface area contributed by atoms with Crippen LogP contribution in [-0.4, -0.2) is 6.10 Å². The summed E-state index contributed by atoms with van der Waals surface area (Å²) >= 11 is 0. The summed E-state index contributed by atoms with van der Waals surface area (Å²) in [7, 11) is 0. The highest BCUT2D eigenvalue weighted by Gasteiger charge is 2.34. The molecule has 0 spiro atoms. The number of rotatable bonds is 8. The molecule has 0 amide bonds. The number of benzene rings is 2. The number of hydrogen-bond acceptors (Lipinski definition) is 1. The van der Waals surface area contributed by atoms with Crippen LogP contribution in [0.4, 0.5) is 0 Å². The van der Waals surface area contributed by atoms with Crippen molar-refractivity contribution in [1.82, 2.24) is 0 Å². The first kappa shape index (κ1) is 25.7. The molecule has 0 radical (unpaired) electrons. The van der Waals surface area contributed by atoms with E-state index in [9.17, 15) is 0 Å². The number of aryl methyl sites for hydroxylation is 1. The molecule has 0 heterocycles. The van der Waals surface area contributed by atoms with E-state index < -0.39 is 0 Å². The molecule has 3 rings (SSSR count). The summed E-state index contributed by atoms with van der Waals surface area (Å²) in [5.41, 5.74) is 4.39. The van der Waals surface area contributed by atoms with Gasteiger partial charge in [-0.2, -0.15) is 0 Å². The van der Waals surface area contributed by atoms with Gasteiger partial charge in [0, 0.05) is 0 Å². The van der Waals surface area contributed by atoms with Crippen LogP contribution in [0.25, 0.3) is 16.8 Å². The summed E-state index contributed by atoms with van der Waals surface area (Å²) < 4.78 is 6.53. The van der Waals surface area contributed by atoms with Gasteiger partial charge in [-0.15, -0.1) is 0 Å². The van der Waals surface area contributed by atoms with E-state index in [-0.39, 0.29) is 6.10 Å². The van der Waals surface area contributed by atoms with Crippen molar-refractivity contribution in [3.8, 4) is 0 Å². The average Bonchev–Trinajstić information content (AvgIpc) is 2.80. The van der Waals surface area contributed by atoms with E-state index in [1.54, 1.807) is 0 Å². The summed E-state index contributed by atoms with van der Waals surface area (Å²) in [5, 5.41) is 2.63. The second-order valence-corrected chi connectivity index (χ2v) is 9.48. The van der Waals surface area contributed by atoms with Crippen molar-refractivity contribution in [3.63, 3.8) is 0 Å². The molecule has 2 aromatic rings. The molecule has 1 aliphatic carbocycles. The molecule has 1 heteroatoms. The maximum absolute atomic E-state index is 6.53. The smallest absolute Gasteiger partial charge is 0.0732 e. The summed E-state index contributed by atoms with van der Waals surface area (Å²) in [6.07, 6.45) is 14.1. The third-order valence-electron chi connectivity index (χ3n) is 7.41. The summed E-state index contributed by atoms with van der Waals surface area (Å²) in [4.78, 5) is 0. The number of hydrogen-bond donors (Lipinski definition) is 0. The summed E-state index contributed by atoms with van der Waals surface area (Å²) in [5.74, 6) is 0.866. The van der Waals surface area contributed by atoms with Gasteiger partial charge in [-0.05, 0) is 78.8 Å². The lowest BCUT2D eigenvalue weighted by Crippen LogP contribution is -2.32. The Hall–Kier alpha value is -1.60. The van der Waals surface area contributed by atoms with Gasteiger partial charge < -0.3 is 4.74 Å². The zero-order valence-corrected chi connectivity index (χ0v) is 21.3. The molecule has 1 nitrogen and oxygen atoms in total. The van der Waals surface area contributed by atoms with Gasteiger partial charge in [0.15, 0.2) is 0 Å². The molecule has 1 saturated carbocycles. The molecule has 0 N–H and O–H groups in total. The molecule has 172 valence electrons. The van der Waals surface area contributed by atoms with Gasteiger partial charge in [-0.25, -0.2) is 0 Å². The van der Waals surface area contributed by atoms with Crippen molar-refractivity contribution in [2.45, 2.75) is 106 Å². The Morgan fingerprint density at radius 2 is 1.81 bits per heavy atom. The van der Waals surface area contributed by atoms with Crippen LogP contribution >= 0.6 is 0 Å². The molecule has 31 heavy (non-hydrogen) atoms. The first-order chi connectivity index (χ1) is 15.0. The SMILES string of the molecule is C/C=C\c1c(C)cc2ccccc2c1COC(C)CC(C)(CC)C1CCCCC1.CC. The fraction of sp³-hybridized carbons (Fsp3) is 0.600. The Bertz CT molecular complexity index is 828. The second kappa shape index (κ2) is 12.4. The molecule has 0 aromatic heterocycles. The largest absolute Gasteiger partial charge is 0.374 e. The van der Waals surface area contributed by atoms with Gasteiger partial charge in [-0.3, -0.25) is 0 Å². The predicted molar refractivity (Wildman–Crippen MR) is 139 cm³/mol. The Labute approximate surface area is 192 Å². The van der Waals surface area contributed by atoms with Gasteiger partial charge in [-0.1, -0.05) is 95.9 Å². The van der Waals surface area contributed by atoms with Crippen LogP contribution in [-0.2, 0) is 11.3 Å². The van der Waals surface area contributed by atoms with Crippen LogP contribution in [0.3, 0.4) is 0 Å². The van der Waals surface area contributed by atoms with Crippen molar-refractivity contribution in [2.75, 3.05) is 0 Å². The Morgan fingerprint density at radius 1 is 1.13 bits per heavy atom. The topological polar surface area (TPSA) is 9.23 Å². The van der Waals surface area contributed by atoms with Crippen LogP contribution < -0.4 is 0 Å². The molecule has 0 bridgehead atoms. The van der Waals surface area contributed by atoms with Crippen LogP contribution in [0.1, 0.15) is 103 Å². The lowest BCUT2D eigenvalue weighted by Gasteiger charge is -2.41. The Morgan fingerprint density at radius 3 is 2.45 bits per heavy atom. The van der Waals surface area contributed by atoms with Crippen molar-refractivity contribution in [3.05, 3.63) is 53.1 Å². The van der Waals surface area contributed by atoms with Gasteiger partial charge in [0.25, 0.3) is 0 Å². The molecular formula is C30H46O. The quantitative estimate of drug-likeness (QED) is 0.411. The first-order valence-electron chi connectivity index (χ1n) is 12.7. The van der Waals surface area contributed by atoms with Crippen molar-refractivity contribution < 1.29 is 4.74 Å². The maximum Gasteiger partial charge on any atom is 0.0732 e. The molecule has 0 aliphatic heterocycles. The lowest BCUT2D eigenvalue weighted by molar-refractivity contribution is -0.00405. The standard InChI is InChI=1S/C28H40O.C2H6/c1-6-13-25-21(3)18-23-14-11-12-17-26(23)27(25)20-29-22(4)19-28(5,7-2)24-15-9-8-10-16-24;1-2/h6,11-14,17-18,22,24H,7-10,15-16,19-20H2,1-5H3;1-2H3/b13-6-;. The first-order valence-corrected chi connectivity index (χ1v) is 12.7. The zero-order valence-electron chi connectivity index (χ0n) is 21.3. The zero-order chi connectivity index (χ0) is 22.9. The highest BCUT2D eigenvalue weighted by molar-refractivity contribution is 5.90. The van der Waals surface area contributed by atoms with E-state index >= 15 is 0 Å². The minimum atomic E-state index is 0.277. The van der Waals surface area contributed by atoms with Crippen molar-refractivity contribution in [2.24, 2.45) is 11.3 Å². The fourth-order valence-electron chi connectivity index (χ4n) is 5.49. The Kier molecular flexibility index (Phi) is 10.3. The number of ether oxygens (including phenoxy) is 1. The van der Waals surface area contributed by atoms with Crippen LogP contribution in [0.15, 0.2) is 36.4 Å². The molecule has 1 aliphatic rings. The lowest BCUT2D eigenvalue weighted by atomic mass is 9.66. The molecular weight excluding hydrogens is 376 g/mol. The number of fused-ring (bicyclic) bond motifs is 1. The predicted octanol–water partition coefficient (Wildman–Crippen LogP) is 9.50. The third kappa shape index (κ3) is 6.45. The van der Waals surface area contributed by atoms with Gasteiger partial charge >= 0.3 is 0 Å². The van der Waals surface area contributed by atoms with Crippen molar-refractivity contribution >= 4 is 16.8 Å². The van der Waals surface area contributed by atoms with E-state index in [1.807, 2.05) is 13.8 Å². The normalized spacial score (nSPS) is 17.9. The summed E-state index contributed by atoms with van der Waals surface area (Å²) in [6.45, 7) is 16.2. The average molecular weight is 423 g/mol. The molecule has 2 atom stereocenters. The highest BCUT2D eigenvalue weighted by Crippen LogP contribution is 2.44. The number of allylic oxidation sites excluding steroid dienone is 1.